The second kappa shape index (κ2) is 10.0. The number of hydrogen-bond acceptors (Lipinski definition) is 5. The van der Waals surface area contributed by atoms with Crippen molar-refractivity contribution in [1.29, 1.82) is 0 Å². The number of anilines is 1. The van der Waals surface area contributed by atoms with Crippen molar-refractivity contribution in [2.24, 2.45) is 5.92 Å². The van der Waals surface area contributed by atoms with Crippen LogP contribution in [0.2, 0.25) is 5.02 Å². The molecule has 0 bridgehead atoms. The predicted octanol–water partition coefficient (Wildman–Crippen LogP) is 3.63. The molecule has 1 aliphatic heterocycles. The average Bonchev–Trinajstić information content (AvgIpc) is 2.70. The van der Waals surface area contributed by atoms with E-state index in [4.69, 9.17) is 26.8 Å². The van der Waals surface area contributed by atoms with Crippen LogP contribution >= 0.6 is 11.6 Å². The fourth-order valence-corrected chi connectivity index (χ4v) is 3.86. The Balaban J connectivity index is 1.41. The van der Waals surface area contributed by atoms with Gasteiger partial charge in [-0.05, 0) is 62.0 Å². The lowest BCUT2D eigenvalue weighted by molar-refractivity contribution is 0.0551. The highest BCUT2D eigenvalue weighted by atomic mass is 35.5. The standard InChI is InChI=1S/C22H29ClN2O3/c1-27-19-7-6-17(21(24)13-19)12-16-8-10-25(11-9-16)14-18(26)15-28-22-5-3-2-4-20(22)23/h2-7,13,16,18,26H,8-12,14-15,24H2,1H3. The molecule has 2 aromatic carbocycles. The highest BCUT2D eigenvalue weighted by Gasteiger charge is 2.22. The Morgan fingerprint density at radius 3 is 2.64 bits per heavy atom. The lowest BCUT2D eigenvalue weighted by atomic mass is 9.89. The first kappa shape index (κ1) is 20.8. The highest BCUT2D eigenvalue weighted by molar-refractivity contribution is 6.32. The van der Waals surface area contributed by atoms with E-state index < -0.39 is 6.10 Å². The zero-order valence-electron chi connectivity index (χ0n) is 16.3. The Hall–Kier alpha value is -1.95. The topological polar surface area (TPSA) is 68.0 Å². The number of methoxy groups -OCH3 is 1. The molecular weight excluding hydrogens is 376 g/mol. The van der Waals surface area contributed by atoms with Crippen molar-refractivity contribution in [3.8, 4) is 11.5 Å². The van der Waals surface area contributed by atoms with Crippen LogP contribution in [-0.4, -0.2) is 49.5 Å². The molecule has 0 amide bonds. The van der Waals surface area contributed by atoms with Crippen molar-refractivity contribution in [3.63, 3.8) is 0 Å². The van der Waals surface area contributed by atoms with Crippen LogP contribution in [0.1, 0.15) is 18.4 Å². The number of nitrogens with zero attached hydrogens (tertiary/aromatic N) is 1. The van der Waals surface area contributed by atoms with Gasteiger partial charge in [0.15, 0.2) is 0 Å². The van der Waals surface area contributed by atoms with E-state index in [0.29, 0.717) is 23.2 Å². The van der Waals surface area contributed by atoms with E-state index in [1.165, 1.54) is 5.56 Å². The number of para-hydroxylation sites is 1. The number of piperidine rings is 1. The summed E-state index contributed by atoms with van der Waals surface area (Å²) in [6.07, 6.45) is 2.65. The fourth-order valence-electron chi connectivity index (χ4n) is 3.67. The van der Waals surface area contributed by atoms with Crippen LogP contribution in [0.5, 0.6) is 11.5 Å². The van der Waals surface area contributed by atoms with Crippen molar-refractivity contribution in [2.45, 2.75) is 25.4 Å². The Morgan fingerprint density at radius 2 is 1.96 bits per heavy atom. The van der Waals surface area contributed by atoms with Gasteiger partial charge in [-0.2, -0.15) is 0 Å². The number of rotatable bonds is 8. The SMILES string of the molecule is COc1ccc(CC2CCN(CC(O)COc3ccccc3Cl)CC2)c(N)c1. The molecule has 3 rings (SSSR count). The maximum atomic E-state index is 10.3. The van der Waals surface area contributed by atoms with E-state index >= 15 is 0 Å². The number of hydrogen-bond donors (Lipinski definition) is 2. The monoisotopic (exact) mass is 404 g/mol. The Bertz CT molecular complexity index is 763. The second-order valence-electron chi connectivity index (χ2n) is 7.41. The summed E-state index contributed by atoms with van der Waals surface area (Å²) in [4.78, 5) is 2.30. The molecule has 1 aliphatic rings. The van der Waals surface area contributed by atoms with E-state index in [9.17, 15) is 5.11 Å². The van der Waals surface area contributed by atoms with Crippen LogP contribution in [0.3, 0.4) is 0 Å². The summed E-state index contributed by atoms with van der Waals surface area (Å²) in [5.41, 5.74) is 8.14. The molecule has 1 saturated heterocycles. The Kier molecular flexibility index (Phi) is 7.43. The number of nitrogen functional groups attached to an aromatic ring is 1. The van der Waals surface area contributed by atoms with Crippen LogP contribution in [0, 0.1) is 5.92 Å². The number of aliphatic hydroxyl groups excluding tert-OH is 1. The number of halogens is 1. The van der Waals surface area contributed by atoms with E-state index in [-0.39, 0.29) is 6.61 Å². The zero-order chi connectivity index (χ0) is 19.9. The van der Waals surface area contributed by atoms with Crippen molar-refractivity contribution in [2.75, 3.05) is 39.1 Å². The molecule has 1 atom stereocenters. The third-order valence-corrected chi connectivity index (χ3v) is 5.62. The summed E-state index contributed by atoms with van der Waals surface area (Å²) in [6.45, 7) is 2.81. The summed E-state index contributed by atoms with van der Waals surface area (Å²) in [5.74, 6) is 2.02. The van der Waals surface area contributed by atoms with Crippen molar-refractivity contribution >= 4 is 17.3 Å². The maximum Gasteiger partial charge on any atom is 0.138 e. The van der Waals surface area contributed by atoms with Gasteiger partial charge >= 0.3 is 0 Å². The van der Waals surface area contributed by atoms with Gasteiger partial charge in [-0.1, -0.05) is 29.8 Å². The van der Waals surface area contributed by atoms with Crippen molar-refractivity contribution in [3.05, 3.63) is 53.1 Å². The van der Waals surface area contributed by atoms with Gasteiger partial charge in [0.1, 0.15) is 24.2 Å². The molecule has 5 nitrogen and oxygen atoms in total. The first-order chi connectivity index (χ1) is 13.5. The molecule has 152 valence electrons. The number of aliphatic hydroxyl groups is 1. The zero-order valence-corrected chi connectivity index (χ0v) is 17.1. The summed E-state index contributed by atoms with van der Waals surface area (Å²) >= 11 is 6.08. The molecular formula is C22H29ClN2O3. The van der Waals surface area contributed by atoms with E-state index in [2.05, 4.69) is 11.0 Å². The predicted molar refractivity (Wildman–Crippen MR) is 113 cm³/mol. The first-order valence-corrected chi connectivity index (χ1v) is 10.1. The lowest BCUT2D eigenvalue weighted by Crippen LogP contribution is -2.41. The summed E-state index contributed by atoms with van der Waals surface area (Å²) in [6, 6.07) is 13.2. The molecule has 3 N–H and O–H groups in total. The van der Waals surface area contributed by atoms with Crippen LogP contribution in [0.4, 0.5) is 5.69 Å². The normalized spacial score (nSPS) is 16.7. The van der Waals surface area contributed by atoms with Crippen LogP contribution in [0.15, 0.2) is 42.5 Å². The lowest BCUT2D eigenvalue weighted by Gasteiger charge is -2.33. The molecule has 1 fully saturated rings. The minimum absolute atomic E-state index is 0.242. The van der Waals surface area contributed by atoms with Gasteiger partial charge in [-0.15, -0.1) is 0 Å². The quantitative estimate of drug-likeness (QED) is 0.657. The molecule has 0 spiro atoms. The Morgan fingerprint density at radius 1 is 1.21 bits per heavy atom. The molecule has 0 aromatic heterocycles. The van der Waals surface area contributed by atoms with Crippen LogP contribution < -0.4 is 15.2 Å². The van der Waals surface area contributed by atoms with Gasteiger partial charge in [0.25, 0.3) is 0 Å². The molecule has 0 aliphatic carbocycles. The van der Waals surface area contributed by atoms with E-state index in [0.717, 1.165) is 43.8 Å². The van der Waals surface area contributed by atoms with Crippen LogP contribution in [-0.2, 0) is 6.42 Å². The number of likely N-dealkylation sites (tertiary alicyclic amines) is 1. The molecule has 28 heavy (non-hydrogen) atoms. The number of nitrogens with two attached hydrogens (primary N) is 1. The molecule has 6 heteroatoms. The third-order valence-electron chi connectivity index (χ3n) is 5.31. The summed E-state index contributed by atoms with van der Waals surface area (Å²) < 4.78 is 10.9. The summed E-state index contributed by atoms with van der Waals surface area (Å²) in [5, 5.41) is 10.9. The average molecular weight is 405 g/mol. The molecule has 0 radical (unpaired) electrons. The molecule has 1 heterocycles. The van der Waals surface area contributed by atoms with Gasteiger partial charge in [-0.25, -0.2) is 0 Å². The molecule has 0 saturated carbocycles. The summed E-state index contributed by atoms with van der Waals surface area (Å²) in [7, 11) is 1.65. The van der Waals surface area contributed by atoms with Crippen LogP contribution in [0.25, 0.3) is 0 Å². The van der Waals surface area contributed by atoms with Gasteiger partial charge in [0.05, 0.1) is 12.1 Å². The fraction of sp³-hybridized carbons (Fsp3) is 0.455. The number of ether oxygens (including phenoxy) is 2. The van der Waals surface area contributed by atoms with E-state index in [1.807, 2.05) is 30.3 Å². The van der Waals surface area contributed by atoms with Crippen molar-refractivity contribution < 1.29 is 14.6 Å². The maximum absolute atomic E-state index is 10.3. The highest BCUT2D eigenvalue weighted by Crippen LogP contribution is 2.27. The third kappa shape index (κ3) is 5.77. The minimum atomic E-state index is -0.537. The van der Waals surface area contributed by atoms with Gasteiger partial charge in [-0.3, -0.25) is 0 Å². The van der Waals surface area contributed by atoms with Gasteiger partial charge in [0.2, 0.25) is 0 Å². The molecule has 1 unspecified atom stereocenters. The largest absolute Gasteiger partial charge is 0.497 e. The minimum Gasteiger partial charge on any atom is -0.497 e. The van der Waals surface area contributed by atoms with Gasteiger partial charge < -0.3 is 25.2 Å². The second-order valence-corrected chi connectivity index (χ2v) is 7.82. The first-order valence-electron chi connectivity index (χ1n) is 9.75. The smallest absolute Gasteiger partial charge is 0.138 e. The Labute approximate surface area is 172 Å². The van der Waals surface area contributed by atoms with Gasteiger partial charge in [0, 0.05) is 18.3 Å². The van der Waals surface area contributed by atoms with Crippen molar-refractivity contribution in [1.82, 2.24) is 4.90 Å². The number of benzene rings is 2. The van der Waals surface area contributed by atoms with E-state index in [1.54, 1.807) is 13.2 Å². The molecule has 2 aromatic rings. The number of β-amino-alcohol motifs (C(OH)–C–C–N with tert-alkyl or cyclic N) is 1.